The fourth-order valence-electron chi connectivity index (χ4n) is 2.07. The fraction of sp³-hybridized carbons (Fsp3) is 0.400. The van der Waals surface area contributed by atoms with Gasteiger partial charge in [-0.25, -0.2) is 4.98 Å². The molecule has 0 spiro atoms. The second-order valence-electron chi connectivity index (χ2n) is 4.89. The van der Waals surface area contributed by atoms with Crippen LogP contribution in [0.2, 0.25) is 0 Å². The van der Waals surface area contributed by atoms with Gasteiger partial charge in [-0.1, -0.05) is 11.8 Å². The lowest BCUT2D eigenvalue weighted by Crippen LogP contribution is -2.25. The molecule has 0 unspecified atom stereocenters. The molecule has 2 N–H and O–H groups in total. The van der Waals surface area contributed by atoms with E-state index < -0.39 is 0 Å². The SMILES string of the molecule is O=C(CCSc1ccc2c(c1)OCCO2)NCCSc1ncn[nH]1. The molecule has 128 valence electrons. The van der Waals surface area contributed by atoms with Crippen LogP contribution in [0.5, 0.6) is 11.5 Å². The number of aromatic nitrogens is 3. The molecule has 0 atom stereocenters. The van der Waals surface area contributed by atoms with Crippen molar-refractivity contribution in [3.05, 3.63) is 24.5 Å². The van der Waals surface area contributed by atoms with Crippen LogP contribution in [0.4, 0.5) is 0 Å². The van der Waals surface area contributed by atoms with Gasteiger partial charge in [0.25, 0.3) is 0 Å². The van der Waals surface area contributed by atoms with Crippen molar-refractivity contribution in [1.29, 1.82) is 0 Å². The number of hydrogen-bond acceptors (Lipinski definition) is 7. The Morgan fingerprint density at radius 2 is 2.08 bits per heavy atom. The van der Waals surface area contributed by atoms with Crippen molar-refractivity contribution in [3.8, 4) is 11.5 Å². The third-order valence-corrected chi connectivity index (χ3v) is 5.04. The number of ether oxygens (including phenoxy) is 2. The van der Waals surface area contributed by atoms with Crippen molar-refractivity contribution in [2.24, 2.45) is 0 Å². The second-order valence-corrected chi connectivity index (χ2v) is 7.14. The van der Waals surface area contributed by atoms with E-state index in [0.717, 1.165) is 33.1 Å². The van der Waals surface area contributed by atoms with Crippen LogP contribution in [0.15, 0.2) is 34.6 Å². The van der Waals surface area contributed by atoms with Crippen LogP contribution in [-0.4, -0.2) is 52.4 Å². The first-order valence-electron chi connectivity index (χ1n) is 7.58. The molecule has 0 bridgehead atoms. The van der Waals surface area contributed by atoms with Gasteiger partial charge in [0.1, 0.15) is 19.5 Å². The number of nitrogens with one attached hydrogen (secondary N) is 2. The highest BCUT2D eigenvalue weighted by atomic mass is 32.2. The molecular formula is C15H18N4O3S2. The molecule has 0 saturated heterocycles. The smallest absolute Gasteiger partial charge is 0.220 e. The summed E-state index contributed by atoms with van der Waals surface area (Å²) in [5, 5.41) is 10.2. The van der Waals surface area contributed by atoms with Crippen molar-refractivity contribution < 1.29 is 14.3 Å². The Balaban J connectivity index is 1.31. The van der Waals surface area contributed by atoms with Crippen molar-refractivity contribution in [1.82, 2.24) is 20.5 Å². The highest BCUT2D eigenvalue weighted by Crippen LogP contribution is 2.34. The lowest BCUT2D eigenvalue weighted by molar-refractivity contribution is -0.120. The lowest BCUT2D eigenvalue weighted by Gasteiger charge is -2.18. The van der Waals surface area contributed by atoms with E-state index >= 15 is 0 Å². The Bertz CT molecular complexity index is 667. The topological polar surface area (TPSA) is 89.1 Å². The summed E-state index contributed by atoms with van der Waals surface area (Å²) in [6.07, 6.45) is 1.95. The van der Waals surface area contributed by atoms with Gasteiger partial charge < -0.3 is 14.8 Å². The first kappa shape index (κ1) is 17.0. The van der Waals surface area contributed by atoms with Crippen LogP contribution in [0.1, 0.15) is 6.42 Å². The van der Waals surface area contributed by atoms with E-state index in [0.29, 0.717) is 26.2 Å². The Morgan fingerprint density at radius 3 is 2.92 bits per heavy atom. The van der Waals surface area contributed by atoms with Crippen LogP contribution in [-0.2, 0) is 4.79 Å². The molecule has 9 heteroatoms. The predicted molar refractivity (Wildman–Crippen MR) is 92.9 cm³/mol. The molecule has 0 radical (unpaired) electrons. The highest BCUT2D eigenvalue weighted by molar-refractivity contribution is 7.99. The minimum atomic E-state index is 0.0539. The van der Waals surface area contributed by atoms with Gasteiger partial charge in [-0.3, -0.25) is 9.89 Å². The normalized spacial score (nSPS) is 12.8. The standard InChI is InChI=1S/C15H18N4O3S2/c20-14(16-4-8-24-15-17-10-18-19-15)3-7-23-11-1-2-12-13(9-11)22-6-5-21-12/h1-2,9-10H,3-8H2,(H,16,20)(H,17,18,19). The Hall–Kier alpha value is -1.87. The zero-order valence-corrected chi connectivity index (χ0v) is 14.6. The Morgan fingerprint density at radius 1 is 1.21 bits per heavy atom. The van der Waals surface area contributed by atoms with Crippen molar-refractivity contribution in [2.75, 3.05) is 31.3 Å². The van der Waals surface area contributed by atoms with Crippen molar-refractivity contribution in [3.63, 3.8) is 0 Å². The van der Waals surface area contributed by atoms with E-state index in [9.17, 15) is 4.79 Å². The average Bonchev–Trinajstić information content (AvgIpc) is 3.12. The van der Waals surface area contributed by atoms with Gasteiger partial charge >= 0.3 is 0 Å². The molecule has 3 rings (SSSR count). The molecule has 1 aliphatic rings. The molecule has 2 aromatic rings. The minimum Gasteiger partial charge on any atom is -0.486 e. The summed E-state index contributed by atoms with van der Waals surface area (Å²) in [7, 11) is 0. The predicted octanol–water partition coefficient (Wildman–Crippen LogP) is 1.97. The fourth-order valence-corrected chi connectivity index (χ4v) is 3.58. The number of aromatic amines is 1. The van der Waals surface area contributed by atoms with Crippen LogP contribution in [0, 0.1) is 0 Å². The van der Waals surface area contributed by atoms with E-state index in [2.05, 4.69) is 20.5 Å². The number of fused-ring (bicyclic) bond motifs is 1. The quantitative estimate of drug-likeness (QED) is 0.545. The third kappa shape index (κ3) is 5.07. The van der Waals surface area contributed by atoms with E-state index in [1.807, 2.05) is 18.2 Å². The van der Waals surface area contributed by atoms with Gasteiger partial charge in [-0.2, -0.15) is 5.10 Å². The molecule has 1 aliphatic heterocycles. The third-order valence-electron chi connectivity index (χ3n) is 3.17. The first-order valence-corrected chi connectivity index (χ1v) is 9.56. The van der Waals surface area contributed by atoms with Crippen molar-refractivity contribution >= 4 is 29.4 Å². The summed E-state index contributed by atoms with van der Waals surface area (Å²) in [6.45, 7) is 1.78. The van der Waals surface area contributed by atoms with Gasteiger partial charge in [0.2, 0.25) is 5.91 Å². The second kappa shape index (κ2) is 8.84. The summed E-state index contributed by atoms with van der Waals surface area (Å²) in [5.74, 6) is 3.10. The maximum Gasteiger partial charge on any atom is 0.220 e. The molecule has 1 amide bonds. The molecule has 1 aromatic heterocycles. The maximum atomic E-state index is 11.8. The van der Waals surface area contributed by atoms with E-state index in [1.54, 1.807) is 11.8 Å². The average molecular weight is 366 g/mol. The Labute approximate surface area is 148 Å². The minimum absolute atomic E-state index is 0.0539. The van der Waals surface area contributed by atoms with Crippen LogP contribution in [0.3, 0.4) is 0 Å². The molecule has 24 heavy (non-hydrogen) atoms. The molecule has 0 saturated carbocycles. The van der Waals surface area contributed by atoms with Gasteiger partial charge in [0, 0.05) is 29.4 Å². The zero-order chi connectivity index (χ0) is 16.6. The Kier molecular flexibility index (Phi) is 6.25. The molecule has 7 nitrogen and oxygen atoms in total. The van der Waals surface area contributed by atoms with Crippen LogP contribution in [0.25, 0.3) is 0 Å². The summed E-state index contributed by atoms with van der Waals surface area (Å²) in [5.41, 5.74) is 0. The van der Waals surface area contributed by atoms with E-state index in [4.69, 9.17) is 9.47 Å². The lowest BCUT2D eigenvalue weighted by atomic mass is 10.3. The number of nitrogens with zero attached hydrogens (tertiary/aromatic N) is 2. The zero-order valence-electron chi connectivity index (χ0n) is 13.0. The summed E-state index contributed by atoms with van der Waals surface area (Å²) in [6, 6.07) is 5.87. The molecule has 0 fully saturated rings. The number of thioether (sulfide) groups is 2. The van der Waals surface area contributed by atoms with Crippen LogP contribution < -0.4 is 14.8 Å². The van der Waals surface area contributed by atoms with E-state index in [-0.39, 0.29) is 5.91 Å². The highest BCUT2D eigenvalue weighted by Gasteiger charge is 2.12. The van der Waals surface area contributed by atoms with Gasteiger partial charge in [-0.05, 0) is 18.2 Å². The molecule has 2 heterocycles. The monoisotopic (exact) mass is 366 g/mol. The summed E-state index contributed by atoms with van der Waals surface area (Å²) >= 11 is 3.16. The number of hydrogen-bond donors (Lipinski definition) is 2. The van der Waals surface area contributed by atoms with Gasteiger partial charge in [-0.15, -0.1) is 11.8 Å². The van der Waals surface area contributed by atoms with Crippen molar-refractivity contribution in [2.45, 2.75) is 16.5 Å². The number of rotatable bonds is 8. The maximum absolute atomic E-state index is 11.8. The van der Waals surface area contributed by atoms with E-state index in [1.165, 1.54) is 18.1 Å². The summed E-state index contributed by atoms with van der Waals surface area (Å²) < 4.78 is 11.0. The largest absolute Gasteiger partial charge is 0.486 e. The molecule has 0 aliphatic carbocycles. The summed E-state index contributed by atoms with van der Waals surface area (Å²) in [4.78, 5) is 16.9. The molecular weight excluding hydrogens is 348 g/mol. The number of H-pyrrole nitrogens is 1. The number of amides is 1. The number of carbonyl (C=O) groups excluding carboxylic acids is 1. The van der Waals surface area contributed by atoms with Gasteiger partial charge in [0.05, 0.1) is 0 Å². The first-order chi connectivity index (χ1) is 11.8. The molecule has 1 aromatic carbocycles. The number of benzene rings is 1. The van der Waals surface area contributed by atoms with Crippen LogP contribution >= 0.6 is 23.5 Å². The van der Waals surface area contributed by atoms with Gasteiger partial charge in [0.15, 0.2) is 16.7 Å². The number of carbonyl (C=O) groups is 1.